The third-order valence-corrected chi connectivity index (χ3v) is 3.95. The average molecular weight is 292 g/mol. The van der Waals surface area contributed by atoms with Gasteiger partial charge in [-0.3, -0.25) is 4.79 Å². The van der Waals surface area contributed by atoms with Crippen molar-refractivity contribution in [2.45, 2.75) is 26.7 Å². The second kappa shape index (κ2) is 8.03. The zero-order valence-electron chi connectivity index (χ0n) is 13.1. The van der Waals surface area contributed by atoms with Gasteiger partial charge in [0.15, 0.2) is 0 Å². The molecule has 1 aliphatic rings. The van der Waals surface area contributed by atoms with Gasteiger partial charge in [-0.15, -0.1) is 0 Å². The Balaban J connectivity index is 1.74. The molecule has 1 heterocycles. The predicted molar refractivity (Wildman–Crippen MR) is 81.6 cm³/mol. The summed E-state index contributed by atoms with van der Waals surface area (Å²) in [6.45, 7) is 8.01. The lowest BCUT2D eigenvalue weighted by atomic mass is 9.98. The molecule has 1 N–H and O–H groups in total. The molecular formula is C17H26NO3+. The Kier molecular flexibility index (Phi) is 6.05. The number of carbonyl (C=O) groups is 1. The maximum absolute atomic E-state index is 11.8. The van der Waals surface area contributed by atoms with Crippen LogP contribution in [0.15, 0.2) is 24.3 Å². The van der Waals surface area contributed by atoms with Gasteiger partial charge < -0.3 is 14.4 Å². The van der Waals surface area contributed by atoms with Crippen LogP contribution >= 0.6 is 0 Å². The van der Waals surface area contributed by atoms with E-state index in [4.69, 9.17) is 9.47 Å². The molecule has 0 saturated carbocycles. The van der Waals surface area contributed by atoms with Crippen molar-refractivity contribution in [2.75, 3.05) is 32.8 Å². The molecule has 2 rings (SSSR count). The predicted octanol–water partition coefficient (Wildman–Crippen LogP) is 1.23. The van der Waals surface area contributed by atoms with Gasteiger partial charge in [-0.2, -0.15) is 0 Å². The topological polar surface area (TPSA) is 40.0 Å². The molecule has 1 aromatic rings. The number of quaternary nitrogens is 1. The molecule has 0 radical (unpaired) electrons. The molecule has 1 saturated heterocycles. The lowest BCUT2D eigenvalue weighted by Gasteiger charge is -2.28. The highest BCUT2D eigenvalue weighted by Gasteiger charge is 2.29. The summed E-state index contributed by atoms with van der Waals surface area (Å²) in [5.74, 6) is 0.954. The molecule has 4 heteroatoms. The second-order valence-electron chi connectivity index (χ2n) is 5.71. The highest BCUT2D eigenvalue weighted by molar-refractivity contribution is 5.72. The number of hydrogen-bond acceptors (Lipinski definition) is 3. The van der Waals surface area contributed by atoms with Gasteiger partial charge in [0.2, 0.25) is 0 Å². The first-order valence-corrected chi connectivity index (χ1v) is 7.88. The normalized spacial score (nSPS) is 21.8. The summed E-state index contributed by atoms with van der Waals surface area (Å²) in [5, 5.41) is 0. The number of ether oxygens (including phenoxy) is 2. The highest BCUT2D eigenvalue weighted by Crippen LogP contribution is 2.12. The van der Waals surface area contributed by atoms with Gasteiger partial charge in [-0.1, -0.05) is 12.1 Å². The summed E-state index contributed by atoms with van der Waals surface area (Å²) in [4.78, 5) is 13.2. The minimum Gasteiger partial charge on any atom is -0.488 e. The number of esters is 1. The van der Waals surface area contributed by atoms with Crippen LogP contribution in [-0.4, -0.2) is 38.8 Å². The lowest BCUT2D eigenvalue weighted by Crippen LogP contribution is -3.14. The van der Waals surface area contributed by atoms with Crippen LogP contribution in [0.2, 0.25) is 0 Å². The highest BCUT2D eigenvalue weighted by atomic mass is 16.5. The number of carbonyl (C=O) groups excluding carboxylic acids is 1. The number of likely N-dealkylation sites (tertiary alicyclic amines) is 1. The molecule has 0 aliphatic carbocycles. The Bertz CT molecular complexity index is 461. The van der Waals surface area contributed by atoms with Gasteiger partial charge in [0, 0.05) is 0 Å². The monoisotopic (exact) mass is 292 g/mol. The minimum atomic E-state index is -0.0331. The van der Waals surface area contributed by atoms with E-state index >= 15 is 0 Å². The quantitative estimate of drug-likeness (QED) is 0.802. The van der Waals surface area contributed by atoms with Crippen LogP contribution in [0.1, 0.15) is 25.3 Å². The van der Waals surface area contributed by atoms with Crippen molar-refractivity contribution in [1.29, 1.82) is 0 Å². The zero-order valence-corrected chi connectivity index (χ0v) is 13.1. The van der Waals surface area contributed by atoms with Crippen LogP contribution in [0, 0.1) is 12.8 Å². The van der Waals surface area contributed by atoms with E-state index in [1.54, 1.807) is 0 Å². The van der Waals surface area contributed by atoms with E-state index in [0.717, 1.165) is 38.2 Å². The molecule has 4 nitrogen and oxygen atoms in total. The number of aryl methyl sites for hydroxylation is 1. The number of hydrogen-bond donors (Lipinski definition) is 1. The number of piperidine rings is 1. The van der Waals surface area contributed by atoms with E-state index in [2.05, 4.69) is 13.0 Å². The van der Waals surface area contributed by atoms with Crippen LogP contribution in [0.5, 0.6) is 5.75 Å². The number of benzene rings is 1. The molecule has 0 aromatic heterocycles. The zero-order chi connectivity index (χ0) is 15.1. The molecular weight excluding hydrogens is 266 g/mol. The van der Waals surface area contributed by atoms with Crippen molar-refractivity contribution < 1.29 is 19.2 Å². The van der Waals surface area contributed by atoms with Gasteiger partial charge in [-0.05, 0) is 44.4 Å². The summed E-state index contributed by atoms with van der Waals surface area (Å²) in [6.07, 6.45) is 2.05. The van der Waals surface area contributed by atoms with Crippen molar-refractivity contribution in [1.82, 2.24) is 0 Å². The Morgan fingerprint density at radius 1 is 1.43 bits per heavy atom. The van der Waals surface area contributed by atoms with Crippen LogP contribution in [0.25, 0.3) is 0 Å². The first kappa shape index (κ1) is 15.8. The molecule has 1 fully saturated rings. The van der Waals surface area contributed by atoms with E-state index in [1.165, 1.54) is 10.5 Å². The number of nitrogens with one attached hydrogen (secondary N) is 1. The van der Waals surface area contributed by atoms with E-state index < -0.39 is 0 Å². The van der Waals surface area contributed by atoms with Crippen molar-refractivity contribution >= 4 is 5.97 Å². The van der Waals surface area contributed by atoms with Crippen LogP contribution in [0.3, 0.4) is 0 Å². The molecule has 1 unspecified atom stereocenters. The van der Waals surface area contributed by atoms with Crippen molar-refractivity contribution in [3.05, 3.63) is 29.8 Å². The molecule has 0 spiro atoms. The SMILES string of the molecule is CCOC(=O)[C@@H]1CCC[NH+](CCOc2cccc(C)c2)C1. The smallest absolute Gasteiger partial charge is 0.314 e. The van der Waals surface area contributed by atoms with Gasteiger partial charge >= 0.3 is 5.97 Å². The van der Waals surface area contributed by atoms with Gasteiger partial charge in [0.25, 0.3) is 0 Å². The second-order valence-corrected chi connectivity index (χ2v) is 5.71. The lowest BCUT2D eigenvalue weighted by molar-refractivity contribution is -0.907. The maximum Gasteiger partial charge on any atom is 0.314 e. The third-order valence-electron chi connectivity index (χ3n) is 3.95. The fraction of sp³-hybridized carbons (Fsp3) is 0.588. The number of rotatable bonds is 6. The van der Waals surface area contributed by atoms with Crippen LogP contribution in [-0.2, 0) is 9.53 Å². The molecule has 21 heavy (non-hydrogen) atoms. The molecule has 1 aromatic carbocycles. The fourth-order valence-corrected chi connectivity index (χ4v) is 2.86. The summed E-state index contributed by atoms with van der Waals surface area (Å²) < 4.78 is 10.9. The fourth-order valence-electron chi connectivity index (χ4n) is 2.86. The van der Waals surface area contributed by atoms with Gasteiger partial charge in [0.1, 0.15) is 24.8 Å². The van der Waals surface area contributed by atoms with E-state index in [-0.39, 0.29) is 11.9 Å². The Morgan fingerprint density at radius 2 is 2.29 bits per heavy atom. The average Bonchev–Trinajstić information content (AvgIpc) is 2.48. The Labute approximate surface area is 127 Å². The Morgan fingerprint density at radius 3 is 3.05 bits per heavy atom. The van der Waals surface area contributed by atoms with Crippen LogP contribution < -0.4 is 9.64 Å². The largest absolute Gasteiger partial charge is 0.488 e. The van der Waals surface area contributed by atoms with E-state index in [0.29, 0.717) is 13.2 Å². The van der Waals surface area contributed by atoms with Gasteiger partial charge in [-0.25, -0.2) is 0 Å². The van der Waals surface area contributed by atoms with Crippen molar-refractivity contribution in [3.8, 4) is 5.75 Å². The first-order chi connectivity index (χ1) is 10.2. The first-order valence-electron chi connectivity index (χ1n) is 7.88. The minimum absolute atomic E-state index is 0.0331. The Hall–Kier alpha value is -1.55. The molecule has 0 bridgehead atoms. The molecule has 1 aliphatic heterocycles. The summed E-state index contributed by atoms with van der Waals surface area (Å²) in [7, 11) is 0. The molecule has 2 atom stereocenters. The maximum atomic E-state index is 11.8. The van der Waals surface area contributed by atoms with E-state index in [1.807, 2.05) is 25.1 Å². The molecule has 116 valence electrons. The van der Waals surface area contributed by atoms with Crippen LogP contribution in [0.4, 0.5) is 0 Å². The summed E-state index contributed by atoms with van der Waals surface area (Å²) in [5.41, 5.74) is 1.21. The van der Waals surface area contributed by atoms with Crippen molar-refractivity contribution in [2.24, 2.45) is 5.92 Å². The summed E-state index contributed by atoms with van der Waals surface area (Å²) in [6, 6.07) is 8.11. The van der Waals surface area contributed by atoms with Gasteiger partial charge in [0.05, 0.1) is 19.7 Å². The summed E-state index contributed by atoms with van der Waals surface area (Å²) >= 11 is 0. The standard InChI is InChI=1S/C17H25NO3/c1-3-20-17(19)15-7-5-9-18(13-15)10-11-21-16-8-4-6-14(2)12-16/h4,6,8,12,15H,3,5,7,9-11,13H2,1-2H3/p+1/t15-/m1/s1. The molecule has 0 amide bonds. The third kappa shape index (κ3) is 5.05. The van der Waals surface area contributed by atoms with Crippen molar-refractivity contribution in [3.63, 3.8) is 0 Å². The van der Waals surface area contributed by atoms with E-state index in [9.17, 15) is 4.79 Å².